The Hall–Kier alpha value is -1.58. The fourth-order valence-corrected chi connectivity index (χ4v) is 1.78. The molecule has 0 fully saturated rings. The number of carboxylic acids is 1. The second-order valence-electron chi connectivity index (χ2n) is 3.96. The normalized spacial score (nSPS) is 10.3. The van der Waals surface area contributed by atoms with Gasteiger partial charge in [0.25, 0.3) is 0 Å². The molecule has 0 saturated heterocycles. The minimum atomic E-state index is -1.03. The van der Waals surface area contributed by atoms with Crippen molar-refractivity contribution in [2.75, 3.05) is 18.0 Å². The predicted molar refractivity (Wildman–Crippen MR) is 66.2 cm³/mol. The second kappa shape index (κ2) is 6.23. The molecule has 0 aliphatic rings. The third kappa shape index (κ3) is 3.44. The van der Waals surface area contributed by atoms with E-state index in [-0.39, 0.29) is 11.4 Å². The molecule has 94 valence electrons. The van der Waals surface area contributed by atoms with Crippen molar-refractivity contribution in [2.24, 2.45) is 0 Å². The third-order valence-electron chi connectivity index (χ3n) is 2.52. The first kappa shape index (κ1) is 13.5. The van der Waals surface area contributed by atoms with Gasteiger partial charge in [0.15, 0.2) is 0 Å². The lowest BCUT2D eigenvalue weighted by Gasteiger charge is -2.24. The van der Waals surface area contributed by atoms with Gasteiger partial charge in [-0.2, -0.15) is 0 Å². The van der Waals surface area contributed by atoms with Gasteiger partial charge in [0.2, 0.25) is 0 Å². The zero-order valence-corrected chi connectivity index (χ0v) is 10.2. The molecule has 17 heavy (non-hydrogen) atoms. The monoisotopic (exact) mass is 239 g/mol. The van der Waals surface area contributed by atoms with Gasteiger partial charge in [0.1, 0.15) is 5.82 Å². The van der Waals surface area contributed by atoms with Crippen LogP contribution in [0.15, 0.2) is 18.2 Å². The Morgan fingerprint density at radius 1 is 1.29 bits per heavy atom. The highest BCUT2D eigenvalue weighted by molar-refractivity contribution is 5.88. The van der Waals surface area contributed by atoms with Crippen LogP contribution >= 0.6 is 0 Å². The van der Waals surface area contributed by atoms with Crippen LogP contribution in [0.4, 0.5) is 10.1 Å². The molecule has 0 heterocycles. The number of anilines is 1. The van der Waals surface area contributed by atoms with Crippen molar-refractivity contribution in [3.8, 4) is 0 Å². The summed E-state index contributed by atoms with van der Waals surface area (Å²) in [4.78, 5) is 12.8. The highest BCUT2D eigenvalue weighted by Crippen LogP contribution is 2.21. The van der Waals surface area contributed by atoms with E-state index in [1.807, 2.05) is 18.7 Å². The smallest absolute Gasteiger partial charge is 0.335 e. The Balaban J connectivity index is 3.07. The van der Waals surface area contributed by atoms with Crippen LogP contribution in [0.1, 0.15) is 37.0 Å². The minimum Gasteiger partial charge on any atom is -0.478 e. The molecule has 3 nitrogen and oxygen atoms in total. The number of carbonyl (C=O) groups is 1. The molecule has 0 amide bonds. The van der Waals surface area contributed by atoms with Gasteiger partial charge in [-0.15, -0.1) is 0 Å². The number of halogens is 1. The van der Waals surface area contributed by atoms with Crippen LogP contribution in [-0.2, 0) is 0 Å². The van der Waals surface area contributed by atoms with Crippen LogP contribution in [0.5, 0.6) is 0 Å². The number of nitrogens with zero attached hydrogens (tertiary/aromatic N) is 1. The van der Waals surface area contributed by atoms with Gasteiger partial charge in [-0.1, -0.05) is 13.8 Å². The van der Waals surface area contributed by atoms with E-state index in [0.717, 1.165) is 25.9 Å². The van der Waals surface area contributed by atoms with E-state index in [2.05, 4.69) is 0 Å². The number of rotatable bonds is 6. The Kier molecular flexibility index (Phi) is 4.94. The summed E-state index contributed by atoms with van der Waals surface area (Å²) in [6.45, 7) is 5.49. The maximum Gasteiger partial charge on any atom is 0.335 e. The average molecular weight is 239 g/mol. The number of hydrogen-bond donors (Lipinski definition) is 1. The van der Waals surface area contributed by atoms with Crippen LogP contribution < -0.4 is 4.90 Å². The number of aromatic carboxylic acids is 1. The molecule has 0 atom stereocenters. The molecule has 1 N–H and O–H groups in total. The highest BCUT2D eigenvalue weighted by Gasteiger charge is 2.13. The third-order valence-corrected chi connectivity index (χ3v) is 2.52. The lowest BCUT2D eigenvalue weighted by atomic mass is 10.1. The largest absolute Gasteiger partial charge is 0.478 e. The lowest BCUT2D eigenvalue weighted by molar-refractivity contribution is 0.0697. The SMILES string of the molecule is CCCN(CCC)c1cc(C(=O)O)ccc1F. The molecule has 1 rings (SSSR count). The summed E-state index contributed by atoms with van der Waals surface area (Å²) in [6.07, 6.45) is 1.80. The topological polar surface area (TPSA) is 40.5 Å². The van der Waals surface area contributed by atoms with Crippen molar-refractivity contribution >= 4 is 11.7 Å². The van der Waals surface area contributed by atoms with Crippen molar-refractivity contribution < 1.29 is 14.3 Å². The maximum absolute atomic E-state index is 13.7. The van der Waals surface area contributed by atoms with Gasteiger partial charge in [-0.05, 0) is 31.0 Å². The maximum atomic E-state index is 13.7. The first-order valence-electron chi connectivity index (χ1n) is 5.88. The van der Waals surface area contributed by atoms with Crippen LogP contribution in [0.25, 0.3) is 0 Å². The summed E-state index contributed by atoms with van der Waals surface area (Å²) in [6, 6.07) is 3.91. The van der Waals surface area contributed by atoms with Crippen molar-refractivity contribution in [1.82, 2.24) is 0 Å². The van der Waals surface area contributed by atoms with E-state index >= 15 is 0 Å². The summed E-state index contributed by atoms with van der Waals surface area (Å²) >= 11 is 0. The van der Waals surface area contributed by atoms with Gasteiger partial charge < -0.3 is 10.0 Å². The van der Waals surface area contributed by atoms with E-state index in [1.54, 1.807) is 0 Å². The highest BCUT2D eigenvalue weighted by atomic mass is 19.1. The standard InChI is InChI=1S/C13H18FNO2/c1-3-7-15(8-4-2)12-9-10(13(16)17)5-6-11(12)14/h5-6,9H,3-4,7-8H2,1-2H3,(H,16,17). The van der Waals surface area contributed by atoms with E-state index < -0.39 is 5.97 Å². The molecule has 4 heteroatoms. The van der Waals surface area contributed by atoms with E-state index in [9.17, 15) is 9.18 Å². The van der Waals surface area contributed by atoms with Crippen LogP contribution in [0.2, 0.25) is 0 Å². The number of carboxylic acid groups (broad SMARTS) is 1. The number of benzene rings is 1. The molecular formula is C13H18FNO2. The average Bonchev–Trinajstić information content (AvgIpc) is 2.29. The molecule has 0 aromatic heterocycles. The lowest BCUT2D eigenvalue weighted by Crippen LogP contribution is -2.26. The fraction of sp³-hybridized carbons (Fsp3) is 0.462. The minimum absolute atomic E-state index is 0.124. The van der Waals surface area contributed by atoms with Crippen molar-refractivity contribution in [3.63, 3.8) is 0 Å². The van der Waals surface area contributed by atoms with Crippen molar-refractivity contribution in [3.05, 3.63) is 29.6 Å². The molecule has 0 saturated carbocycles. The first-order chi connectivity index (χ1) is 8.10. The zero-order valence-electron chi connectivity index (χ0n) is 10.2. The summed E-state index contributed by atoms with van der Waals surface area (Å²) in [5.41, 5.74) is 0.507. The molecule has 0 bridgehead atoms. The molecule has 0 radical (unpaired) electrons. The molecule has 1 aromatic carbocycles. The molecule has 0 unspecified atom stereocenters. The Morgan fingerprint density at radius 2 is 1.88 bits per heavy atom. The van der Waals surface area contributed by atoms with E-state index in [0.29, 0.717) is 5.69 Å². The summed E-state index contributed by atoms with van der Waals surface area (Å²) < 4.78 is 13.7. The molecular weight excluding hydrogens is 221 g/mol. The van der Waals surface area contributed by atoms with Crippen LogP contribution in [0.3, 0.4) is 0 Å². The summed E-state index contributed by atoms with van der Waals surface area (Å²) in [5.74, 6) is -1.39. The van der Waals surface area contributed by atoms with Gasteiger partial charge in [-0.3, -0.25) is 0 Å². The zero-order chi connectivity index (χ0) is 12.8. The molecule has 0 spiro atoms. The Labute approximate surface area is 101 Å². The molecule has 0 aliphatic heterocycles. The van der Waals surface area contributed by atoms with Gasteiger partial charge in [-0.25, -0.2) is 9.18 Å². The van der Waals surface area contributed by atoms with Crippen LogP contribution in [-0.4, -0.2) is 24.2 Å². The quantitative estimate of drug-likeness (QED) is 0.829. The van der Waals surface area contributed by atoms with E-state index in [4.69, 9.17) is 5.11 Å². The van der Waals surface area contributed by atoms with Crippen LogP contribution in [0, 0.1) is 5.82 Å². The fourth-order valence-electron chi connectivity index (χ4n) is 1.78. The Bertz CT molecular complexity index is 387. The van der Waals surface area contributed by atoms with Gasteiger partial charge >= 0.3 is 5.97 Å². The van der Waals surface area contributed by atoms with Gasteiger partial charge in [0.05, 0.1) is 11.3 Å². The van der Waals surface area contributed by atoms with Crippen molar-refractivity contribution in [1.29, 1.82) is 0 Å². The summed E-state index contributed by atoms with van der Waals surface area (Å²) in [7, 11) is 0. The predicted octanol–water partition coefficient (Wildman–Crippen LogP) is 3.15. The number of hydrogen-bond acceptors (Lipinski definition) is 2. The summed E-state index contributed by atoms with van der Waals surface area (Å²) in [5, 5.41) is 8.90. The second-order valence-corrected chi connectivity index (χ2v) is 3.96. The molecule has 1 aromatic rings. The first-order valence-corrected chi connectivity index (χ1v) is 5.88. The molecule has 0 aliphatic carbocycles. The Morgan fingerprint density at radius 3 is 2.35 bits per heavy atom. The van der Waals surface area contributed by atoms with Gasteiger partial charge in [0, 0.05) is 13.1 Å². The van der Waals surface area contributed by atoms with Crippen molar-refractivity contribution in [2.45, 2.75) is 26.7 Å². The van der Waals surface area contributed by atoms with E-state index in [1.165, 1.54) is 18.2 Å².